The highest BCUT2D eigenvalue weighted by molar-refractivity contribution is 7.09. The predicted octanol–water partition coefficient (Wildman–Crippen LogP) is 1.19. The Labute approximate surface area is 85.8 Å². The number of aromatic nitrogens is 4. The van der Waals surface area contributed by atoms with E-state index in [1.165, 1.54) is 0 Å². The van der Waals surface area contributed by atoms with E-state index >= 15 is 0 Å². The van der Waals surface area contributed by atoms with Crippen molar-refractivity contribution in [1.82, 2.24) is 19.7 Å². The van der Waals surface area contributed by atoms with E-state index in [4.69, 9.17) is 0 Å². The lowest BCUT2D eigenvalue weighted by Gasteiger charge is -1.96. The average molecular weight is 209 g/mol. The first-order chi connectivity index (χ1) is 6.74. The van der Waals surface area contributed by atoms with Crippen molar-refractivity contribution in [3.05, 3.63) is 22.4 Å². The zero-order valence-corrected chi connectivity index (χ0v) is 8.88. The molecule has 2 heterocycles. The molecule has 14 heavy (non-hydrogen) atoms. The molecule has 0 bridgehead atoms. The molecule has 74 valence electrons. The molecule has 0 aliphatic rings. The largest absolute Gasteiger partial charge is 0.346 e. The van der Waals surface area contributed by atoms with Gasteiger partial charge in [0.25, 0.3) is 0 Å². The fraction of sp³-hybridized carbons (Fsp3) is 0.375. The third kappa shape index (κ3) is 2.08. The van der Waals surface area contributed by atoms with E-state index in [2.05, 4.69) is 20.4 Å². The normalized spacial score (nSPS) is 10.4. The van der Waals surface area contributed by atoms with Gasteiger partial charge in [-0.2, -0.15) is 0 Å². The Kier molecular flexibility index (Phi) is 2.45. The lowest BCUT2D eigenvalue weighted by molar-refractivity contribution is 0.766. The van der Waals surface area contributed by atoms with Crippen LogP contribution in [0.1, 0.15) is 10.7 Å². The number of anilines is 1. The molecule has 0 amide bonds. The fourth-order valence-electron chi connectivity index (χ4n) is 1.06. The van der Waals surface area contributed by atoms with E-state index in [9.17, 15) is 0 Å². The minimum Gasteiger partial charge on any atom is -0.346 e. The molecule has 0 aromatic carbocycles. The monoisotopic (exact) mass is 209 g/mol. The second-order valence-electron chi connectivity index (χ2n) is 2.98. The molecule has 0 atom stereocenters. The molecule has 0 aliphatic heterocycles. The molecular formula is C8H11N5S. The number of thiazole rings is 1. The molecule has 2 rings (SSSR count). The summed E-state index contributed by atoms with van der Waals surface area (Å²) in [6, 6.07) is 0. The van der Waals surface area contributed by atoms with Gasteiger partial charge in [-0.05, 0) is 6.92 Å². The van der Waals surface area contributed by atoms with Gasteiger partial charge in [0.2, 0.25) is 5.95 Å². The maximum absolute atomic E-state index is 4.33. The molecular weight excluding hydrogens is 198 g/mol. The minimum absolute atomic E-state index is 0.639. The number of nitrogens with one attached hydrogen (secondary N) is 1. The predicted molar refractivity (Wildman–Crippen MR) is 55.2 cm³/mol. The molecule has 2 aromatic heterocycles. The molecule has 0 spiro atoms. The third-order valence-corrected chi connectivity index (χ3v) is 2.63. The summed E-state index contributed by atoms with van der Waals surface area (Å²) in [4.78, 5) is 8.38. The van der Waals surface area contributed by atoms with E-state index in [0.717, 1.165) is 10.7 Å². The fourth-order valence-corrected chi connectivity index (χ4v) is 1.77. The van der Waals surface area contributed by atoms with Gasteiger partial charge < -0.3 is 5.32 Å². The third-order valence-electron chi connectivity index (χ3n) is 1.66. The topological polar surface area (TPSA) is 55.6 Å². The molecule has 0 saturated heterocycles. The highest BCUT2D eigenvalue weighted by atomic mass is 32.1. The van der Waals surface area contributed by atoms with E-state index in [1.54, 1.807) is 22.3 Å². The van der Waals surface area contributed by atoms with Crippen LogP contribution in [-0.4, -0.2) is 19.7 Å². The van der Waals surface area contributed by atoms with Gasteiger partial charge in [0.1, 0.15) is 11.3 Å². The van der Waals surface area contributed by atoms with Gasteiger partial charge in [0.15, 0.2) is 0 Å². The van der Waals surface area contributed by atoms with Crippen molar-refractivity contribution in [3.8, 4) is 0 Å². The molecule has 0 radical (unpaired) electrons. The molecule has 1 N–H and O–H groups in total. The van der Waals surface area contributed by atoms with Crippen molar-refractivity contribution in [2.24, 2.45) is 7.05 Å². The number of nitrogens with zero attached hydrogens (tertiary/aromatic N) is 4. The highest BCUT2D eigenvalue weighted by Crippen LogP contribution is 2.09. The molecule has 0 unspecified atom stereocenters. The van der Waals surface area contributed by atoms with Gasteiger partial charge in [0, 0.05) is 18.1 Å². The van der Waals surface area contributed by atoms with Crippen molar-refractivity contribution >= 4 is 17.3 Å². The number of aryl methyl sites for hydroxylation is 2. The second-order valence-corrected chi connectivity index (χ2v) is 3.92. The second kappa shape index (κ2) is 3.75. The number of hydrogen-bond acceptors (Lipinski definition) is 5. The number of rotatable bonds is 3. The molecule has 2 aromatic rings. The van der Waals surface area contributed by atoms with Crippen molar-refractivity contribution in [2.45, 2.75) is 13.5 Å². The summed E-state index contributed by atoms with van der Waals surface area (Å²) < 4.78 is 1.66. The molecule has 0 aliphatic carbocycles. The Morgan fingerprint density at radius 3 is 3.00 bits per heavy atom. The van der Waals surface area contributed by atoms with Crippen LogP contribution in [0.3, 0.4) is 0 Å². The summed E-state index contributed by atoms with van der Waals surface area (Å²) in [5, 5.41) is 10.3. The van der Waals surface area contributed by atoms with E-state index in [0.29, 0.717) is 12.5 Å². The molecule has 5 nitrogen and oxygen atoms in total. The van der Waals surface area contributed by atoms with Crippen molar-refractivity contribution < 1.29 is 0 Å². The Hall–Kier alpha value is -1.43. The van der Waals surface area contributed by atoms with Crippen LogP contribution in [0.5, 0.6) is 0 Å². The van der Waals surface area contributed by atoms with Crippen LogP contribution in [0.2, 0.25) is 0 Å². The lowest BCUT2D eigenvalue weighted by atomic mass is 10.6. The van der Waals surface area contributed by atoms with E-state index < -0.39 is 0 Å². The standard InChI is InChI=1S/C8H11N5S/c1-6-4-14-7(11-6)3-9-8-10-5-13(2)12-8/h4-5H,3H2,1-2H3,(H,9,12). The Morgan fingerprint density at radius 1 is 1.57 bits per heavy atom. The average Bonchev–Trinajstić information content (AvgIpc) is 2.72. The SMILES string of the molecule is Cc1csc(CNc2ncn(C)n2)n1. The van der Waals surface area contributed by atoms with Crippen molar-refractivity contribution in [1.29, 1.82) is 0 Å². The molecule has 0 fully saturated rings. The van der Waals surface area contributed by atoms with Crippen molar-refractivity contribution in [3.63, 3.8) is 0 Å². The molecule has 6 heteroatoms. The summed E-state index contributed by atoms with van der Waals surface area (Å²) in [6.45, 7) is 2.67. The van der Waals surface area contributed by atoms with Crippen LogP contribution in [0.25, 0.3) is 0 Å². The quantitative estimate of drug-likeness (QED) is 0.825. The Balaban J connectivity index is 1.94. The highest BCUT2D eigenvalue weighted by Gasteiger charge is 2.00. The first-order valence-electron chi connectivity index (χ1n) is 4.24. The zero-order valence-electron chi connectivity index (χ0n) is 8.06. The summed E-state index contributed by atoms with van der Waals surface area (Å²) in [7, 11) is 1.84. The Bertz CT molecular complexity index is 379. The van der Waals surface area contributed by atoms with Crippen LogP contribution < -0.4 is 5.32 Å². The van der Waals surface area contributed by atoms with Crippen LogP contribution >= 0.6 is 11.3 Å². The van der Waals surface area contributed by atoms with Gasteiger partial charge in [0.05, 0.1) is 6.54 Å². The lowest BCUT2D eigenvalue weighted by Crippen LogP contribution is -2.01. The summed E-state index contributed by atoms with van der Waals surface area (Å²) >= 11 is 1.64. The van der Waals surface area contributed by atoms with Gasteiger partial charge in [-0.15, -0.1) is 16.4 Å². The summed E-state index contributed by atoms with van der Waals surface area (Å²) in [5.74, 6) is 0.639. The summed E-state index contributed by atoms with van der Waals surface area (Å²) in [5.41, 5.74) is 1.06. The van der Waals surface area contributed by atoms with Gasteiger partial charge in [-0.1, -0.05) is 0 Å². The van der Waals surface area contributed by atoms with Crippen LogP contribution in [-0.2, 0) is 13.6 Å². The van der Waals surface area contributed by atoms with Crippen molar-refractivity contribution in [2.75, 3.05) is 5.32 Å². The van der Waals surface area contributed by atoms with Crippen LogP contribution in [0.4, 0.5) is 5.95 Å². The van der Waals surface area contributed by atoms with Crippen LogP contribution in [0, 0.1) is 6.92 Å². The van der Waals surface area contributed by atoms with E-state index in [1.807, 2.05) is 19.4 Å². The van der Waals surface area contributed by atoms with Gasteiger partial charge in [-0.25, -0.2) is 9.97 Å². The van der Waals surface area contributed by atoms with Gasteiger partial charge >= 0.3 is 0 Å². The molecule has 0 saturated carbocycles. The first-order valence-corrected chi connectivity index (χ1v) is 5.12. The minimum atomic E-state index is 0.639. The Morgan fingerprint density at radius 2 is 2.43 bits per heavy atom. The zero-order chi connectivity index (χ0) is 9.97. The maximum atomic E-state index is 4.33. The smallest absolute Gasteiger partial charge is 0.242 e. The van der Waals surface area contributed by atoms with Gasteiger partial charge in [-0.3, -0.25) is 4.68 Å². The van der Waals surface area contributed by atoms with Crippen LogP contribution in [0.15, 0.2) is 11.7 Å². The first kappa shape index (κ1) is 9.14. The number of hydrogen-bond donors (Lipinski definition) is 1. The maximum Gasteiger partial charge on any atom is 0.242 e. The van der Waals surface area contributed by atoms with E-state index in [-0.39, 0.29) is 0 Å². The summed E-state index contributed by atoms with van der Waals surface area (Å²) in [6.07, 6.45) is 1.66.